The summed E-state index contributed by atoms with van der Waals surface area (Å²) in [4.78, 5) is 21.9. The van der Waals surface area contributed by atoms with E-state index < -0.39 is 0 Å². The first-order valence-electron chi connectivity index (χ1n) is 10.8. The Morgan fingerprint density at radius 3 is 2.74 bits per heavy atom. The molecule has 0 bridgehead atoms. The first kappa shape index (κ1) is 19.5. The van der Waals surface area contributed by atoms with Gasteiger partial charge in [0.2, 0.25) is 0 Å². The number of aryl methyl sites for hydroxylation is 2. The molecule has 2 aromatic heterocycles. The summed E-state index contributed by atoms with van der Waals surface area (Å²) in [5.74, 6) is -0.0790. The summed E-state index contributed by atoms with van der Waals surface area (Å²) in [6, 6.07) is 2.01. The Balaban J connectivity index is 1.50. The van der Waals surface area contributed by atoms with E-state index in [-0.39, 0.29) is 5.91 Å². The third-order valence-corrected chi connectivity index (χ3v) is 5.79. The predicted molar refractivity (Wildman–Crippen MR) is 121 cm³/mol. The lowest BCUT2D eigenvalue weighted by Gasteiger charge is -2.33. The number of nitrogens with one attached hydrogen (secondary N) is 1. The van der Waals surface area contributed by atoms with E-state index in [9.17, 15) is 4.79 Å². The second-order valence-corrected chi connectivity index (χ2v) is 7.92. The van der Waals surface area contributed by atoms with E-state index in [1.807, 2.05) is 54.2 Å². The molecule has 3 aliphatic heterocycles. The normalized spacial score (nSPS) is 20.7. The molecule has 0 atom stereocenters. The number of carbonyl (C=O) groups excluding carboxylic acids is 1. The molecule has 7 nitrogen and oxygen atoms in total. The molecular formula is C24H26N6O. The summed E-state index contributed by atoms with van der Waals surface area (Å²) in [6.45, 7) is 7.84. The fraction of sp³-hybridized carbons (Fsp3) is 0.292. The van der Waals surface area contributed by atoms with E-state index >= 15 is 0 Å². The highest BCUT2D eigenvalue weighted by Gasteiger charge is 2.22. The number of rotatable bonds is 3. The summed E-state index contributed by atoms with van der Waals surface area (Å²) in [7, 11) is 0. The predicted octanol–water partition coefficient (Wildman–Crippen LogP) is 2.58. The summed E-state index contributed by atoms with van der Waals surface area (Å²) >= 11 is 0. The number of hydrogen-bond donors (Lipinski definition) is 1. The Labute approximate surface area is 181 Å². The van der Waals surface area contributed by atoms with E-state index in [1.54, 1.807) is 11.0 Å². The molecule has 31 heavy (non-hydrogen) atoms. The van der Waals surface area contributed by atoms with Crippen LogP contribution in [0.2, 0.25) is 0 Å². The van der Waals surface area contributed by atoms with Crippen molar-refractivity contribution in [2.24, 2.45) is 0 Å². The molecule has 1 N–H and O–H groups in total. The molecule has 0 radical (unpaired) electrons. The molecule has 158 valence electrons. The van der Waals surface area contributed by atoms with Crippen LogP contribution in [0.3, 0.4) is 0 Å². The number of allylic oxidation sites excluding steroid dienone is 6. The minimum atomic E-state index is -0.0790. The van der Waals surface area contributed by atoms with Crippen molar-refractivity contribution in [2.75, 3.05) is 26.2 Å². The maximum absolute atomic E-state index is 13.2. The van der Waals surface area contributed by atoms with Crippen molar-refractivity contribution in [3.63, 3.8) is 0 Å². The van der Waals surface area contributed by atoms with Gasteiger partial charge in [0.25, 0.3) is 5.91 Å². The molecule has 7 heteroatoms. The van der Waals surface area contributed by atoms with Gasteiger partial charge in [-0.05, 0) is 37.6 Å². The van der Waals surface area contributed by atoms with Crippen molar-refractivity contribution in [1.29, 1.82) is 0 Å². The topological polar surface area (TPSA) is 65.8 Å². The van der Waals surface area contributed by atoms with Gasteiger partial charge < -0.3 is 10.2 Å². The summed E-state index contributed by atoms with van der Waals surface area (Å²) in [5.41, 5.74) is 6.39. The van der Waals surface area contributed by atoms with Gasteiger partial charge in [0, 0.05) is 49.7 Å². The van der Waals surface area contributed by atoms with E-state index in [0.29, 0.717) is 0 Å². The molecule has 0 aromatic carbocycles. The molecule has 0 unspecified atom stereocenters. The average Bonchev–Trinajstić information content (AvgIpc) is 3.21. The van der Waals surface area contributed by atoms with Crippen LogP contribution in [0.15, 0.2) is 66.3 Å². The lowest BCUT2D eigenvalue weighted by molar-refractivity contribution is -0.122. The second-order valence-electron chi connectivity index (χ2n) is 7.92. The molecule has 5 heterocycles. The SMILES string of the molecule is CCc1nc(C)cn2nc(C3=CC(=O)N4C=C(N5CCNCC5)C=C/C4=C\C=C3)cc12. The molecule has 0 aliphatic carbocycles. The monoisotopic (exact) mass is 414 g/mol. The quantitative estimate of drug-likeness (QED) is 0.836. The third kappa shape index (κ3) is 3.72. The number of piperazine rings is 1. The molecule has 1 saturated heterocycles. The fourth-order valence-corrected chi connectivity index (χ4v) is 4.18. The maximum Gasteiger partial charge on any atom is 0.255 e. The lowest BCUT2D eigenvalue weighted by Crippen LogP contribution is -2.43. The summed E-state index contributed by atoms with van der Waals surface area (Å²) in [5, 5.41) is 8.09. The molecular weight excluding hydrogens is 388 g/mol. The standard InChI is InChI=1S/C24H26N6O/c1-3-21-23-14-22(27-30(23)15-17(2)26-21)18-5-4-6-19-7-8-20(16-29(19)24(31)13-18)28-11-9-25-10-12-28/h4-8,13-16,25H,3,9-12H2,1-2H3/b5-4?,18-13?,19-6+. The van der Waals surface area contributed by atoms with Crippen LogP contribution in [0.4, 0.5) is 0 Å². The van der Waals surface area contributed by atoms with Gasteiger partial charge in [-0.2, -0.15) is 5.10 Å². The molecule has 2 aromatic rings. The van der Waals surface area contributed by atoms with Crippen molar-refractivity contribution < 1.29 is 4.79 Å². The van der Waals surface area contributed by atoms with Crippen molar-refractivity contribution in [1.82, 2.24) is 29.7 Å². The molecule has 3 aliphatic rings. The van der Waals surface area contributed by atoms with Crippen LogP contribution in [0.25, 0.3) is 11.1 Å². The van der Waals surface area contributed by atoms with Gasteiger partial charge in [-0.3, -0.25) is 14.7 Å². The minimum absolute atomic E-state index is 0.0790. The fourth-order valence-electron chi connectivity index (χ4n) is 4.18. The Hall–Kier alpha value is -3.45. The molecule has 0 saturated carbocycles. The first-order valence-corrected chi connectivity index (χ1v) is 10.8. The highest BCUT2D eigenvalue weighted by Crippen LogP contribution is 2.25. The first-order chi connectivity index (χ1) is 15.1. The molecule has 0 spiro atoms. The van der Waals surface area contributed by atoms with E-state index in [0.717, 1.165) is 72.2 Å². The summed E-state index contributed by atoms with van der Waals surface area (Å²) in [6.07, 6.45) is 16.3. The van der Waals surface area contributed by atoms with Crippen molar-refractivity contribution in [2.45, 2.75) is 20.3 Å². The van der Waals surface area contributed by atoms with Crippen LogP contribution < -0.4 is 5.32 Å². The van der Waals surface area contributed by atoms with Gasteiger partial charge >= 0.3 is 0 Å². The van der Waals surface area contributed by atoms with E-state index in [2.05, 4.69) is 28.2 Å². The Morgan fingerprint density at radius 2 is 1.94 bits per heavy atom. The zero-order valence-corrected chi connectivity index (χ0v) is 17.9. The van der Waals surface area contributed by atoms with Gasteiger partial charge in [0.15, 0.2) is 0 Å². The Bertz CT molecular complexity index is 1190. The van der Waals surface area contributed by atoms with Crippen molar-refractivity contribution >= 4 is 17.0 Å². The molecule has 1 fully saturated rings. The van der Waals surface area contributed by atoms with E-state index in [1.165, 1.54) is 0 Å². The van der Waals surface area contributed by atoms with Crippen LogP contribution in [-0.2, 0) is 11.2 Å². The van der Waals surface area contributed by atoms with Gasteiger partial charge in [-0.25, -0.2) is 4.52 Å². The van der Waals surface area contributed by atoms with Crippen LogP contribution in [0.1, 0.15) is 24.0 Å². The summed E-state index contributed by atoms with van der Waals surface area (Å²) < 4.78 is 1.86. The smallest absolute Gasteiger partial charge is 0.255 e. The highest BCUT2D eigenvalue weighted by molar-refractivity contribution is 5.99. The zero-order chi connectivity index (χ0) is 21.4. The Kier molecular flexibility index (Phi) is 5.03. The number of hydrogen-bond acceptors (Lipinski definition) is 5. The van der Waals surface area contributed by atoms with Crippen LogP contribution in [0.5, 0.6) is 0 Å². The van der Waals surface area contributed by atoms with Gasteiger partial charge in [-0.1, -0.05) is 19.1 Å². The number of nitrogens with zero attached hydrogens (tertiary/aromatic N) is 5. The molecule has 1 amide bonds. The van der Waals surface area contributed by atoms with Crippen LogP contribution >= 0.6 is 0 Å². The van der Waals surface area contributed by atoms with Gasteiger partial charge in [-0.15, -0.1) is 0 Å². The highest BCUT2D eigenvalue weighted by atomic mass is 16.2. The van der Waals surface area contributed by atoms with Gasteiger partial charge in [0.1, 0.15) is 0 Å². The number of fused-ring (bicyclic) bond motifs is 2. The van der Waals surface area contributed by atoms with Crippen molar-refractivity contribution in [3.8, 4) is 0 Å². The maximum atomic E-state index is 13.2. The Morgan fingerprint density at radius 1 is 1.13 bits per heavy atom. The second kappa shape index (κ2) is 8.00. The number of aromatic nitrogens is 3. The average molecular weight is 415 g/mol. The van der Waals surface area contributed by atoms with E-state index in [4.69, 9.17) is 5.10 Å². The molecule has 5 rings (SSSR count). The number of amides is 1. The lowest BCUT2D eigenvalue weighted by atomic mass is 10.1. The van der Waals surface area contributed by atoms with Gasteiger partial charge in [0.05, 0.1) is 34.5 Å². The van der Waals surface area contributed by atoms with Crippen LogP contribution in [0, 0.1) is 6.92 Å². The zero-order valence-electron chi connectivity index (χ0n) is 17.9. The number of carbonyl (C=O) groups is 1. The largest absolute Gasteiger partial charge is 0.368 e. The third-order valence-electron chi connectivity index (χ3n) is 5.79. The minimum Gasteiger partial charge on any atom is -0.368 e. The van der Waals surface area contributed by atoms with Crippen molar-refractivity contribution in [3.05, 3.63) is 83.4 Å². The van der Waals surface area contributed by atoms with Crippen LogP contribution in [-0.4, -0.2) is 56.5 Å².